The summed E-state index contributed by atoms with van der Waals surface area (Å²) in [6, 6.07) is 7.86. The Morgan fingerprint density at radius 3 is 2.74 bits per heavy atom. The van der Waals surface area contributed by atoms with E-state index < -0.39 is 0 Å². The van der Waals surface area contributed by atoms with E-state index in [9.17, 15) is 4.79 Å². The summed E-state index contributed by atoms with van der Waals surface area (Å²) in [5.74, 6) is 0.0684. The van der Waals surface area contributed by atoms with Crippen LogP contribution in [-0.2, 0) is 6.42 Å². The molecule has 0 saturated carbocycles. The lowest BCUT2D eigenvalue weighted by atomic mass is 10.0. The monoisotopic (exact) mass is 260 g/mol. The lowest BCUT2D eigenvalue weighted by Crippen LogP contribution is -2.29. The minimum absolute atomic E-state index is 0.0684. The van der Waals surface area contributed by atoms with Gasteiger partial charge in [0.05, 0.1) is 0 Å². The molecule has 1 aromatic carbocycles. The molecule has 3 nitrogen and oxygen atoms in total. The molecule has 0 atom stereocenters. The van der Waals surface area contributed by atoms with Crippen molar-refractivity contribution in [3.63, 3.8) is 0 Å². The van der Waals surface area contributed by atoms with Crippen molar-refractivity contribution in [2.24, 2.45) is 0 Å². The summed E-state index contributed by atoms with van der Waals surface area (Å²) in [7, 11) is 0. The van der Waals surface area contributed by atoms with Gasteiger partial charge in [0.1, 0.15) is 0 Å². The highest BCUT2D eigenvalue weighted by Crippen LogP contribution is 2.09. The number of hydrogen-bond acceptors (Lipinski definition) is 2. The van der Waals surface area contributed by atoms with E-state index in [1.54, 1.807) is 0 Å². The minimum Gasteiger partial charge on any atom is -0.352 e. The molecular formula is C16H24N2O. The first-order valence-corrected chi connectivity index (χ1v) is 7.39. The van der Waals surface area contributed by atoms with Gasteiger partial charge in [-0.25, -0.2) is 0 Å². The van der Waals surface area contributed by atoms with Gasteiger partial charge in [0, 0.05) is 12.1 Å². The maximum atomic E-state index is 12.1. The standard InChI is InChI=1S/C16H24N2O/c1-2-14-8-3-4-9-15(14)16(19)17-10-7-13-18-11-5-6-12-18/h3-4,8-9H,2,5-7,10-13H2,1H3,(H,17,19). The third-order valence-corrected chi connectivity index (χ3v) is 3.78. The molecular weight excluding hydrogens is 236 g/mol. The first-order valence-electron chi connectivity index (χ1n) is 7.39. The number of nitrogens with zero attached hydrogens (tertiary/aromatic N) is 1. The van der Waals surface area contributed by atoms with Crippen LogP contribution in [-0.4, -0.2) is 37.0 Å². The van der Waals surface area contributed by atoms with Crippen LogP contribution in [0, 0.1) is 0 Å². The average molecular weight is 260 g/mol. The summed E-state index contributed by atoms with van der Waals surface area (Å²) in [5, 5.41) is 3.03. The topological polar surface area (TPSA) is 32.3 Å². The molecule has 1 amide bonds. The number of hydrogen-bond donors (Lipinski definition) is 1. The number of benzene rings is 1. The van der Waals surface area contributed by atoms with Gasteiger partial charge >= 0.3 is 0 Å². The summed E-state index contributed by atoms with van der Waals surface area (Å²) in [6.07, 6.45) is 4.60. The van der Waals surface area contributed by atoms with E-state index in [0.29, 0.717) is 0 Å². The highest BCUT2D eigenvalue weighted by molar-refractivity contribution is 5.95. The van der Waals surface area contributed by atoms with Gasteiger partial charge < -0.3 is 10.2 Å². The highest BCUT2D eigenvalue weighted by atomic mass is 16.1. The first kappa shape index (κ1) is 14.1. The molecule has 3 heteroatoms. The molecule has 1 aliphatic heterocycles. The van der Waals surface area contributed by atoms with Crippen molar-refractivity contribution in [3.05, 3.63) is 35.4 Å². The van der Waals surface area contributed by atoms with Crippen LogP contribution in [0.15, 0.2) is 24.3 Å². The minimum atomic E-state index is 0.0684. The molecule has 2 rings (SSSR count). The normalized spacial score (nSPS) is 15.6. The Labute approximate surface area is 116 Å². The van der Waals surface area contributed by atoms with Gasteiger partial charge in [0.2, 0.25) is 0 Å². The molecule has 1 aliphatic rings. The fraction of sp³-hybridized carbons (Fsp3) is 0.562. The zero-order valence-corrected chi connectivity index (χ0v) is 11.8. The van der Waals surface area contributed by atoms with Crippen molar-refractivity contribution in [2.75, 3.05) is 26.2 Å². The van der Waals surface area contributed by atoms with Gasteiger partial charge in [0.25, 0.3) is 5.91 Å². The average Bonchev–Trinajstić information content (AvgIpc) is 2.96. The van der Waals surface area contributed by atoms with Crippen molar-refractivity contribution in [1.29, 1.82) is 0 Å². The Morgan fingerprint density at radius 1 is 1.26 bits per heavy atom. The molecule has 104 valence electrons. The van der Waals surface area contributed by atoms with Gasteiger partial charge in [-0.05, 0) is 56.9 Å². The molecule has 0 aromatic heterocycles. The highest BCUT2D eigenvalue weighted by Gasteiger charge is 2.11. The van der Waals surface area contributed by atoms with Crippen molar-refractivity contribution in [1.82, 2.24) is 10.2 Å². The fourth-order valence-electron chi connectivity index (χ4n) is 2.66. The number of amides is 1. The Morgan fingerprint density at radius 2 is 2.00 bits per heavy atom. The van der Waals surface area contributed by atoms with Crippen LogP contribution in [0.1, 0.15) is 42.1 Å². The molecule has 0 radical (unpaired) electrons. The van der Waals surface area contributed by atoms with Crippen molar-refractivity contribution in [2.45, 2.75) is 32.6 Å². The molecule has 1 aromatic rings. The smallest absolute Gasteiger partial charge is 0.251 e. The summed E-state index contributed by atoms with van der Waals surface area (Å²) in [5.41, 5.74) is 1.95. The third kappa shape index (κ3) is 4.06. The second-order valence-electron chi connectivity index (χ2n) is 5.17. The Bertz CT molecular complexity index is 411. The molecule has 0 spiro atoms. The number of likely N-dealkylation sites (tertiary alicyclic amines) is 1. The van der Waals surface area contributed by atoms with E-state index in [0.717, 1.165) is 37.1 Å². The predicted octanol–water partition coefficient (Wildman–Crippen LogP) is 2.46. The summed E-state index contributed by atoms with van der Waals surface area (Å²) in [6.45, 7) is 6.42. The Kier molecular flexibility index (Phi) is 5.40. The quantitative estimate of drug-likeness (QED) is 0.797. The van der Waals surface area contributed by atoms with Crippen LogP contribution >= 0.6 is 0 Å². The molecule has 1 saturated heterocycles. The maximum Gasteiger partial charge on any atom is 0.251 e. The predicted molar refractivity (Wildman–Crippen MR) is 78.4 cm³/mol. The van der Waals surface area contributed by atoms with Gasteiger partial charge in [-0.2, -0.15) is 0 Å². The number of rotatable bonds is 6. The van der Waals surface area contributed by atoms with E-state index in [1.807, 2.05) is 24.3 Å². The molecule has 1 fully saturated rings. The van der Waals surface area contributed by atoms with E-state index >= 15 is 0 Å². The second kappa shape index (κ2) is 7.29. The van der Waals surface area contributed by atoms with Crippen molar-refractivity contribution >= 4 is 5.91 Å². The van der Waals surface area contributed by atoms with Crippen LogP contribution in [0.5, 0.6) is 0 Å². The number of carbonyl (C=O) groups is 1. The van der Waals surface area contributed by atoms with Gasteiger partial charge in [-0.1, -0.05) is 25.1 Å². The molecule has 1 N–H and O–H groups in total. The third-order valence-electron chi connectivity index (χ3n) is 3.78. The largest absolute Gasteiger partial charge is 0.352 e. The van der Waals surface area contributed by atoms with E-state index in [4.69, 9.17) is 0 Å². The van der Waals surface area contributed by atoms with Gasteiger partial charge in [-0.15, -0.1) is 0 Å². The van der Waals surface area contributed by atoms with E-state index in [2.05, 4.69) is 17.1 Å². The molecule has 1 heterocycles. The Hall–Kier alpha value is -1.35. The van der Waals surface area contributed by atoms with E-state index in [-0.39, 0.29) is 5.91 Å². The van der Waals surface area contributed by atoms with Crippen LogP contribution in [0.3, 0.4) is 0 Å². The maximum absolute atomic E-state index is 12.1. The van der Waals surface area contributed by atoms with Crippen molar-refractivity contribution < 1.29 is 4.79 Å². The summed E-state index contributed by atoms with van der Waals surface area (Å²) in [4.78, 5) is 14.6. The summed E-state index contributed by atoms with van der Waals surface area (Å²) >= 11 is 0. The van der Waals surface area contributed by atoms with Crippen LogP contribution in [0.4, 0.5) is 0 Å². The van der Waals surface area contributed by atoms with Crippen LogP contribution in [0.25, 0.3) is 0 Å². The van der Waals surface area contributed by atoms with Gasteiger partial charge in [0.15, 0.2) is 0 Å². The second-order valence-corrected chi connectivity index (χ2v) is 5.17. The summed E-state index contributed by atoms with van der Waals surface area (Å²) < 4.78 is 0. The molecule has 0 unspecified atom stereocenters. The Balaban J connectivity index is 1.74. The number of nitrogens with one attached hydrogen (secondary N) is 1. The molecule has 0 aliphatic carbocycles. The zero-order chi connectivity index (χ0) is 13.5. The fourth-order valence-corrected chi connectivity index (χ4v) is 2.66. The van der Waals surface area contributed by atoms with Crippen LogP contribution in [0.2, 0.25) is 0 Å². The number of aryl methyl sites for hydroxylation is 1. The first-order chi connectivity index (χ1) is 9.31. The lowest BCUT2D eigenvalue weighted by molar-refractivity contribution is 0.0951. The van der Waals surface area contributed by atoms with Crippen LogP contribution < -0.4 is 5.32 Å². The zero-order valence-electron chi connectivity index (χ0n) is 11.8. The van der Waals surface area contributed by atoms with E-state index in [1.165, 1.54) is 25.9 Å². The molecule has 19 heavy (non-hydrogen) atoms. The SMILES string of the molecule is CCc1ccccc1C(=O)NCCCN1CCCC1. The lowest BCUT2D eigenvalue weighted by Gasteiger charge is -2.14. The van der Waals surface area contributed by atoms with Gasteiger partial charge in [-0.3, -0.25) is 4.79 Å². The number of carbonyl (C=O) groups excluding carboxylic acids is 1. The molecule has 0 bridgehead atoms. The van der Waals surface area contributed by atoms with Crippen molar-refractivity contribution in [3.8, 4) is 0 Å².